The molecule has 1 aromatic rings. The summed E-state index contributed by atoms with van der Waals surface area (Å²) in [5.74, 6) is 1.71. The molecule has 2 bridgehead atoms. The van der Waals surface area contributed by atoms with Crippen LogP contribution >= 0.6 is 0 Å². The number of hydrogen-bond acceptors (Lipinski definition) is 6. The summed E-state index contributed by atoms with van der Waals surface area (Å²) in [5, 5.41) is 20.0. The zero-order chi connectivity index (χ0) is 26.0. The fourth-order valence-corrected chi connectivity index (χ4v) is 5.43. The highest BCUT2D eigenvalue weighted by molar-refractivity contribution is 5.96. The van der Waals surface area contributed by atoms with Crippen molar-refractivity contribution in [2.75, 3.05) is 20.3 Å². The molecule has 2 amide bonds. The topological polar surface area (TPSA) is 115 Å². The summed E-state index contributed by atoms with van der Waals surface area (Å²) in [6.45, 7) is 12.8. The number of amides is 2. The van der Waals surface area contributed by atoms with Gasteiger partial charge in [-0.15, -0.1) is 0 Å². The number of nitrogens with one attached hydrogen (secondary N) is 2. The zero-order valence-electron chi connectivity index (χ0n) is 22.1. The number of nitrogens with zero attached hydrogens (tertiary/aromatic N) is 2. The molecule has 1 aromatic heterocycles. The van der Waals surface area contributed by atoms with Crippen molar-refractivity contribution in [2.24, 2.45) is 29.1 Å². The monoisotopic (exact) mass is 490 g/mol. The molecule has 196 valence electrons. The Labute approximate surface area is 208 Å². The highest BCUT2D eigenvalue weighted by Crippen LogP contribution is 2.61. The summed E-state index contributed by atoms with van der Waals surface area (Å²) in [6.07, 6.45) is 7.25. The second-order valence-corrected chi connectivity index (χ2v) is 11.5. The van der Waals surface area contributed by atoms with Crippen molar-refractivity contribution in [3.8, 4) is 5.88 Å². The van der Waals surface area contributed by atoms with E-state index in [2.05, 4.69) is 34.3 Å². The van der Waals surface area contributed by atoms with Crippen LogP contribution in [-0.4, -0.2) is 58.8 Å². The van der Waals surface area contributed by atoms with Gasteiger partial charge in [0.05, 0.1) is 25.5 Å². The predicted molar refractivity (Wildman–Crippen MR) is 134 cm³/mol. The summed E-state index contributed by atoms with van der Waals surface area (Å²) in [6, 6.07) is 0.00896. The number of alkyl carbamates (subject to hydrolysis) is 1. The fourth-order valence-electron chi connectivity index (χ4n) is 5.43. The molecule has 35 heavy (non-hydrogen) atoms. The van der Waals surface area contributed by atoms with Crippen molar-refractivity contribution in [1.29, 1.82) is 0 Å². The van der Waals surface area contributed by atoms with Gasteiger partial charge in [-0.1, -0.05) is 27.7 Å². The number of aliphatic hydroxyl groups is 1. The van der Waals surface area contributed by atoms with E-state index in [1.165, 1.54) is 18.0 Å². The third-order valence-corrected chi connectivity index (χ3v) is 7.66. The number of hydrogen-bond donors (Lipinski definition) is 3. The smallest absolute Gasteiger partial charge is 0.407 e. The number of aromatic nitrogens is 2. The van der Waals surface area contributed by atoms with Crippen LogP contribution in [0.2, 0.25) is 0 Å². The maximum absolute atomic E-state index is 13.5. The van der Waals surface area contributed by atoms with Gasteiger partial charge in [0.25, 0.3) is 5.91 Å². The van der Waals surface area contributed by atoms with Crippen molar-refractivity contribution in [3.63, 3.8) is 0 Å². The average Bonchev–Trinajstić information content (AvgIpc) is 3.19. The van der Waals surface area contributed by atoms with E-state index in [1.807, 2.05) is 27.7 Å². The van der Waals surface area contributed by atoms with Crippen molar-refractivity contribution in [3.05, 3.63) is 17.8 Å². The summed E-state index contributed by atoms with van der Waals surface area (Å²) in [5.41, 5.74) is -0.148. The number of rotatable bonds is 10. The largest absolute Gasteiger partial charge is 0.477 e. The molecule has 3 aliphatic carbocycles. The number of ether oxygens (including phenoxy) is 2. The molecule has 0 spiro atoms. The third kappa shape index (κ3) is 6.00. The van der Waals surface area contributed by atoms with Crippen molar-refractivity contribution >= 4 is 18.2 Å². The lowest BCUT2D eigenvalue weighted by Crippen LogP contribution is -2.63. The molecule has 3 N–H and O–H groups in total. The van der Waals surface area contributed by atoms with E-state index in [0.717, 1.165) is 12.8 Å². The second-order valence-electron chi connectivity index (χ2n) is 11.5. The average molecular weight is 491 g/mol. The number of carbonyl (C=O) groups is 2. The summed E-state index contributed by atoms with van der Waals surface area (Å²) >= 11 is 0. The number of aliphatic hydroxyl groups excluding tert-OH is 1. The molecule has 0 saturated heterocycles. The molecular weight excluding hydrogens is 448 g/mol. The van der Waals surface area contributed by atoms with Gasteiger partial charge >= 0.3 is 6.09 Å². The first-order chi connectivity index (χ1) is 16.4. The van der Waals surface area contributed by atoms with Crippen LogP contribution in [0, 0.1) is 29.1 Å². The minimum Gasteiger partial charge on any atom is -0.477 e. The lowest BCUT2D eigenvalue weighted by Gasteiger charge is -2.62. The standard InChI is InChI=1S/C26H42N4O5/c1-16(2)15-35-23-19(14-27-30(23)10-9-25(3,4)29-24(33)34-7)22(32)28-21-17(8-11-31)12-18-13-20(21)26(18,5)6/h9-10,14,16-18,20-21,31H,8,11-13,15H2,1-7H3,(H,28,32)(H,29,33)/b10-9+. The van der Waals surface area contributed by atoms with Crippen molar-refractivity contribution in [1.82, 2.24) is 20.4 Å². The van der Waals surface area contributed by atoms with Gasteiger partial charge in [-0.3, -0.25) is 4.79 Å². The minimum absolute atomic E-state index is 0.00896. The van der Waals surface area contributed by atoms with Gasteiger partial charge in [0, 0.05) is 18.8 Å². The minimum atomic E-state index is -0.706. The zero-order valence-corrected chi connectivity index (χ0v) is 22.1. The van der Waals surface area contributed by atoms with Crippen LogP contribution in [0.4, 0.5) is 4.79 Å². The Morgan fingerprint density at radius 2 is 2.06 bits per heavy atom. The van der Waals surface area contributed by atoms with E-state index in [1.54, 1.807) is 12.3 Å². The molecule has 4 rings (SSSR count). The summed E-state index contributed by atoms with van der Waals surface area (Å²) in [7, 11) is 1.31. The van der Waals surface area contributed by atoms with Crippen LogP contribution in [0.15, 0.2) is 12.3 Å². The number of carbonyl (C=O) groups excluding carboxylic acids is 2. The van der Waals surface area contributed by atoms with Crippen molar-refractivity contribution < 1.29 is 24.2 Å². The van der Waals surface area contributed by atoms with Crippen LogP contribution in [0.1, 0.15) is 71.2 Å². The first-order valence-corrected chi connectivity index (χ1v) is 12.6. The van der Waals surface area contributed by atoms with Crippen LogP contribution in [0.3, 0.4) is 0 Å². The van der Waals surface area contributed by atoms with E-state index in [0.29, 0.717) is 36.3 Å². The molecule has 4 unspecified atom stereocenters. The van der Waals surface area contributed by atoms with Gasteiger partial charge in [-0.2, -0.15) is 5.10 Å². The van der Waals surface area contributed by atoms with Gasteiger partial charge in [-0.05, 0) is 68.3 Å². The maximum Gasteiger partial charge on any atom is 0.407 e. The fraction of sp³-hybridized carbons (Fsp3) is 0.731. The molecule has 0 radical (unpaired) electrons. The van der Waals surface area contributed by atoms with E-state index in [9.17, 15) is 14.7 Å². The van der Waals surface area contributed by atoms with Crippen LogP contribution in [-0.2, 0) is 4.74 Å². The van der Waals surface area contributed by atoms with E-state index >= 15 is 0 Å². The van der Waals surface area contributed by atoms with Gasteiger partial charge in [0.15, 0.2) is 0 Å². The Bertz CT molecular complexity index is 936. The molecule has 9 heteroatoms. The lowest BCUT2D eigenvalue weighted by atomic mass is 9.44. The Morgan fingerprint density at radius 3 is 2.66 bits per heavy atom. The molecule has 4 atom stereocenters. The SMILES string of the molecule is COC(=O)NC(C)(C)/C=C/n1ncc(C(=O)NC2C(CCO)CC3CC2C3(C)C)c1OCC(C)C. The molecule has 1 heterocycles. The highest BCUT2D eigenvalue weighted by atomic mass is 16.5. The molecule has 3 aliphatic rings. The highest BCUT2D eigenvalue weighted by Gasteiger charge is 2.57. The Balaban J connectivity index is 1.83. The van der Waals surface area contributed by atoms with Crippen LogP contribution in [0.25, 0.3) is 6.20 Å². The summed E-state index contributed by atoms with van der Waals surface area (Å²) < 4.78 is 12.2. The predicted octanol–water partition coefficient (Wildman–Crippen LogP) is 3.69. The lowest BCUT2D eigenvalue weighted by molar-refractivity contribution is -0.114. The number of methoxy groups -OCH3 is 1. The second kappa shape index (κ2) is 10.6. The Kier molecular flexibility index (Phi) is 8.19. The molecule has 0 aliphatic heterocycles. The first kappa shape index (κ1) is 27.0. The summed E-state index contributed by atoms with van der Waals surface area (Å²) in [4.78, 5) is 25.1. The van der Waals surface area contributed by atoms with Gasteiger partial charge in [0.2, 0.25) is 5.88 Å². The van der Waals surface area contributed by atoms with Crippen LogP contribution in [0.5, 0.6) is 5.88 Å². The van der Waals surface area contributed by atoms with E-state index in [-0.39, 0.29) is 35.8 Å². The van der Waals surface area contributed by atoms with Crippen LogP contribution < -0.4 is 15.4 Å². The molecule has 0 aromatic carbocycles. The van der Waals surface area contributed by atoms with Gasteiger partial charge in [-0.25, -0.2) is 9.48 Å². The quantitative estimate of drug-likeness (QED) is 0.461. The molecule has 9 nitrogen and oxygen atoms in total. The Hall–Kier alpha value is -2.55. The van der Waals surface area contributed by atoms with E-state index in [4.69, 9.17) is 4.74 Å². The molecule has 3 fully saturated rings. The normalized spacial score (nSPS) is 25.3. The maximum atomic E-state index is 13.5. The molecule has 3 saturated carbocycles. The van der Waals surface area contributed by atoms with E-state index < -0.39 is 11.6 Å². The molecular formula is C26H42N4O5. The van der Waals surface area contributed by atoms with Gasteiger partial charge < -0.3 is 25.2 Å². The third-order valence-electron chi connectivity index (χ3n) is 7.66. The van der Waals surface area contributed by atoms with Gasteiger partial charge in [0.1, 0.15) is 5.56 Å². The first-order valence-electron chi connectivity index (χ1n) is 12.6. The Morgan fingerprint density at radius 1 is 1.34 bits per heavy atom. The number of fused-ring (bicyclic) bond motifs is 2. The van der Waals surface area contributed by atoms with Crippen molar-refractivity contribution in [2.45, 2.75) is 72.4 Å².